The Morgan fingerprint density at radius 2 is 1.68 bits per heavy atom. The number of halogens is 1. The van der Waals surface area contributed by atoms with Gasteiger partial charge < -0.3 is 0 Å². The monoisotopic (exact) mass is 410 g/mol. The van der Waals surface area contributed by atoms with Gasteiger partial charge in [0.05, 0.1) is 17.5 Å². The third kappa shape index (κ3) is 2.81. The summed E-state index contributed by atoms with van der Waals surface area (Å²) in [6, 6.07) is 17.1. The number of hydrogen-bond donors (Lipinski definition) is 0. The molecule has 3 fully saturated rings. The van der Waals surface area contributed by atoms with Crippen molar-refractivity contribution in [1.29, 1.82) is 0 Å². The van der Waals surface area contributed by atoms with E-state index in [0.717, 1.165) is 17.2 Å². The SMILES string of the molecule is O=C1C2C(C(=O)N1c1ccc(Cl)cc1)C1CSCN1C2C=Cc1ccccc1. The van der Waals surface area contributed by atoms with Crippen molar-refractivity contribution in [2.45, 2.75) is 12.1 Å². The van der Waals surface area contributed by atoms with Crippen LogP contribution in [0.2, 0.25) is 5.02 Å². The molecule has 4 unspecified atom stereocenters. The maximum Gasteiger partial charge on any atom is 0.239 e. The Hall–Kier alpha value is -2.08. The van der Waals surface area contributed by atoms with Crippen molar-refractivity contribution in [1.82, 2.24) is 4.90 Å². The first-order valence-electron chi connectivity index (χ1n) is 9.35. The van der Waals surface area contributed by atoms with Gasteiger partial charge in [0.2, 0.25) is 11.8 Å². The van der Waals surface area contributed by atoms with Gasteiger partial charge in [-0.05, 0) is 29.8 Å². The van der Waals surface area contributed by atoms with Crippen molar-refractivity contribution in [3.63, 3.8) is 0 Å². The molecule has 0 spiro atoms. The van der Waals surface area contributed by atoms with Crippen LogP contribution >= 0.6 is 23.4 Å². The summed E-state index contributed by atoms with van der Waals surface area (Å²) in [5, 5.41) is 0.588. The Balaban J connectivity index is 1.50. The van der Waals surface area contributed by atoms with Crippen LogP contribution in [0, 0.1) is 11.8 Å². The average Bonchev–Trinajstić information content (AvgIpc) is 3.35. The lowest BCUT2D eigenvalue weighted by Crippen LogP contribution is -2.42. The van der Waals surface area contributed by atoms with Crippen molar-refractivity contribution in [2.24, 2.45) is 11.8 Å². The molecule has 3 aliphatic rings. The van der Waals surface area contributed by atoms with Crippen molar-refractivity contribution < 1.29 is 9.59 Å². The molecular weight excluding hydrogens is 392 g/mol. The summed E-state index contributed by atoms with van der Waals surface area (Å²) >= 11 is 7.81. The number of amides is 2. The molecule has 4 atom stereocenters. The molecule has 2 amide bonds. The van der Waals surface area contributed by atoms with E-state index in [-0.39, 0.29) is 35.7 Å². The second-order valence-corrected chi connectivity index (χ2v) is 8.82. The van der Waals surface area contributed by atoms with Crippen LogP contribution in [-0.2, 0) is 9.59 Å². The van der Waals surface area contributed by atoms with Crippen LogP contribution in [0.3, 0.4) is 0 Å². The van der Waals surface area contributed by atoms with Crippen LogP contribution in [0.5, 0.6) is 0 Å². The molecule has 0 aromatic heterocycles. The lowest BCUT2D eigenvalue weighted by atomic mass is 9.89. The number of rotatable bonds is 3. The highest BCUT2D eigenvalue weighted by Crippen LogP contribution is 2.48. The minimum Gasteiger partial charge on any atom is -0.282 e. The summed E-state index contributed by atoms with van der Waals surface area (Å²) in [7, 11) is 0. The van der Waals surface area contributed by atoms with Crippen LogP contribution in [-0.4, -0.2) is 40.4 Å². The van der Waals surface area contributed by atoms with Gasteiger partial charge in [0.1, 0.15) is 0 Å². The Morgan fingerprint density at radius 1 is 0.964 bits per heavy atom. The predicted octanol–water partition coefficient (Wildman–Crippen LogP) is 3.92. The maximum atomic E-state index is 13.3. The number of imide groups is 1. The molecule has 0 saturated carbocycles. The minimum absolute atomic E-state index is 0.0565. The van der Waals surface area contributed by atoms with Crippen molar-refractivity contribution in [3.8, 4) is 0 Å². The number of anilines is 1. The second-order valence-electron chi connectivity index (χ2n) is 7.38. The molecule has 0 N–H and O–H groups in total. The van der Waals surface area contributed by atoms with E-state index in [9.17, 15) is 9.59 Å². The van der Waals surface area contributed by atoms with E-state index in [1.54, 1.807) is 24.3 Å². The molecule has 2 aromatic rings. The van der Waals surface area contributed by atoms with E-state index >= 15 is 0 Å². The largest absolute Gasteiger partial charge is 0.282 e. The average molecular weight is 411 g/mol. The smallest absolute Gasteiger partial charge is 0.239 e. The number of carbonyl (C=O) groups is 2. The van der Waals surface area contributed by atoms with Gasteiger partial charge in [-0.15, -0.1) is 11.8 Å². The molecule has 142 valence electrons. The number of nitrogens with zero attached hydrogens (tertiary/aromatic N) is 2. The standard InChI is InChI=1S/C22H19ClN2O2S/c23-15-7-9-16(10-8-15)25-21(26)19-17(11-6-14-4-2-1-3-5-14)24-13-28-12-18(24)20(19)22(25)27/h1-11,17-20H,12-13H2. The Morgan fingerprint density at radius 3 is 2.43 bits per heavy atom. The molecule has 3 aliphatic heterocycles. The third-order valence-corrected chi connectivity index (χ3v) is 7.20. The summed E-state index contributed by atoms with van der Waals surface area (Å²) < 4.78 is 0. The van der Waals surface area contributed by atoms with Gasteiger partial charge in [0.25, 0.3) is 0 Å². The van der Waals surface area contributed by atoms with E-state index in [0.29, 0.717) is 10.7 Å². The lowest BCUT2D eigenvalue weighted by molar-refractivity contribution is -0.123. The topological polar surface area (TPSA) is 40.6 Å². The number of benzene rings is 2. The minimum atomic E-state index is -0.325. The van der Waals surface area contributed by atoms with Crippen LogP contribution < -0.4 is 4.90 Å². The van der Waals surface area contributed by atoms with Crippen molar-refractivity contribution in [3.05, 3.63) is 71.3 Å². The lowest BCUT2D eigenvalue weighted by Gasteiger charge is -2.25. The first-order valence-corrected chi connectivity index (χ1v) is 10.9. The van der Waals surface area contributed by atoms with Gasteiger partial charge >= 0.3 is 0 Å². The van der Waals surface area contributed by atoms with Gasteiger partial charge in [-0.25, -0.2) is 4.90 Å². The highest BCUT2D eigenvalue weighted by molar-refractivity contribution is 7.99. The fourth-order valence-corrected chi connectivity index (χ4v) is 6.06. The summed E-state index contributed by atoms with van der Waals surface area (Å²) in [6.45, 7) is 0. The number of fused-ring (bicyclic) bond motifs is 3. The summed E-state index contributed by atoms with van der Waals surface area (Å²) in [5.74, 6) is 0.982. The Kier molecular flexibility index (Phi) is 4.54. The van der Waals surface area contributed by atoms with Crippen LogP contribution in [0.25, 0.3) is 6.08 Å². The van der Waals surface area contributed by atoms with Gasteiger partial charge in [0, 0.05) is 28.7 Å². The van der Waals surface area contributed by atoms with Crippen molar-refractivity contribution in [2.75, 3.05) is 16.5 Å². The zero-order chi connectivity index (χ0) is 19.3. The zero-order valence-electron chi connectivity index (χ0n) is 15.1. The van der Waals surface area contributed by atoms with E-state index in [2.05, 4.69) is 17.1 Å². The van der Waals surface area contributed by atoms with E-state index in [4.69, 9.17) is 11.6 Å². The first kappa shape index (κ1) is 18.0. The Bertz CT molecular complexity index is 947. The Labute approximate surface area is 173 Å². The fourth-order valence-electron chi connectivity index (χ4n) is 4.62. The molecular formula is C22H19ClN2O2S. The maximum absolute atomic E-state index is 13.3. The molecule has 0 aliphatic carbocycles. The molecule has 0 bridgehead atoms. The highest BCUT2D eigenvalue weighted by Gasteiger charge is 2.62. The van der Waals surface area contributed by atoms with Crippen LogP contribution in [0.4, 0.5) is 5.69 Å². The zero-order valence-corrected chi connectivity index (χ0v) is 16.6. The first-order chi connectivity index (χ1) is 13.6. The van der Waals surface area contributed by atoms with Crippen molar-refractivity contribution >= 4 is 46.9 Å². The molecule has 28 heavy (non-hydrogen) atoms. The molecule has 2 aromatic carbocycles. The van der Waals surface area contributed by atoms with Gasteiger partial charge in [-0.3, -0.25) is 14.5 Å². The fraction of sp³-hybridized carbons (Fsp3) is 0.273. The van der Waals surface area contributed by atoms with Gasteiger partial charge in [0.15, 0.2) is 0 Å². The van der Waals surface area contributed by atoms with Crippen LogP contribution in [0.1, 0.15) is 5.56 Å². The highest BCUT2D eigenvalue weighted by atomic mass is 35.5. The molecule has 3 heterocycles. The quantitative estimate of drug-likeness (QED) is 0.719. The van der Waals surface area contributed by atoms with Crippen LogP contribution in [0.15, 0.2) is 60.7 Å². The summed E-state index contributed by atoms with van der Waals surface area (Å²) in [6.07, 6.45) is 4.17. The molecule has 4 nitrogen and oxygen atoms in total. The normalized spacial score (nSPS) is 29.7. The third-order valence-electron chi connectivity index (χ3n) is 5.89. The van der Waals surface area contributed by atoms with E-state index < -0.39 is 0 Å². The van der Waals surface area contributed by atoms with Gasteiger partial charge in [-0.2, -0.15) is 0 Å². The molecule has 3 saturated heterocycles. The van der Waals surface area contributed by atoms with Gasteiger partial charge in [-0.1, -0.05) is 54.1 Å². The predicted molar refractivity (Wildman–Crippen MR) is 113 cm³/mol. The molecule has 6 heteroatoms. The second kappa shape index (κ2) is 7.07. The number of thioether (sulfide) groups is 1. The summed E-state index contributed by atoms with van der Waals surface area (Å²) in [5.41, 5.74) is 1.71. The molecule has 0 radical (unpaired) electrons. The molecule has 5 rings (SSSR count). The van der Waals surface area contributed by atoms with E-state index in [1.807, 2.05) is 42.1 Å². The number of hydrogen-bond acceptors (Lipinski definition) is 4. The van der Waals surface area contributed by atoms with E-state index in [1.165, 1.54) is 4.90 Å². The summed E-state index contributed by atoms with van der Waals surface area (Å²) in [4.78, 5) is 30.3. The number of carbonyl (C=O) groups excluding carboxylic acids is 2.